The van der Waals surface area contributed by atoms with Gasteiger partial charge in [0.1, 0.15) is 5.82 Å². The van der Waals surface area contributed by atoms with E-state index >= 15 is 0 Å². The van der Waals surface area contributed by atoms with Crippen molar-refractivity contribution in [1.29, 1.82) is 0 Å². The Morgan fingerprint density at radius 3 is 2.88 bits per heavy atom. The van der Waals surface area contributed by atoms with Crippen LogP contribution in [0.15, 0.2) is 48.5 Å². The van der Waals surface area contributed by atoms with Crippen LogP contribution in [0.5, 0.6) is 0 Å². The summed E-state index contributed by atoms with van der Waals surface area (Å²) in [6, 6.07) is 16.3. The number of hydrogen-bond acceptors (Lipinski definition) is 3. The zero-order chi connectivity index (χ0) is 16.5. The molecule has 0 saturated heterocycles. The fraction of sp³-hybridized carbons (Fsp3) is 0.263. The summed E-state index contributed by atoms with van der Waals surface area (Å²) in [6.07, 6.45) is 1.07. The maximum atomic E-state index is 11.3. The average Bonchev–Trinajstić information content (AvgIpc) is 2.77. The average molecular weight is 320 g/mol. The Labute approximate surface area is 140 Å². The quantitative estimate of drug-likeness (QED) is 0.787. The van der Waals surface area contributed by atoms with E-state index in [0.29, 0.717) is 0 Å². The normalized spacial score (nSPS) is 14.3. The molecule has 3 aromatic rings. The van der Waals surface area contributed by atoms with Gasteiger partial charge >= 0.3 is 0 Å². The number of nitrogens with zero attached hydrogens (tertiary/aromatic N) is 3. The molecule has 0 radical (unpaired) electrons. The topological polar surface area (TPSA) is 50.2 Å². The molecular weight excluding hydrogens is 300 g/mol. The van der Waals surface area contributed by atoms with Gasteiger partial charge in [0.2, 0.25) is 5.91 Å². The van der Waals surface area contributed by atoms with Crippen LogP contribution in [0, 0.1) is 0 Å². The van der Waals surface area contributed by atoms with Gasteiger partial charge in [0.15, 0.2) is 0 Å². The van der Waals surface area contributed by atoms with Crippen molar-refractivity contribution in [2.24, 2.45) is 0 Å². The van der Waals surface area contributed by atoms with Gasteiger partial charge in [0.25, 0.3) is 0 Å². The number of anilines is 2. The van der Waals surface area contributed by atoms with Crippen molar-refractivity contribution in [3.05, 3.63) is 54.4 Å². The summed E-state index contributed by atoms with van der Waals surface area (Å²) in [7, 11) is 0. The number of para-hydroxylation sites is 2. The minimum Gasteiger partial charge on any atom is -0.364 e. The molecule has 0 atom stereocenters. The number of carbonyl (C=O) groups excluding carboxylic acids is 1. The standard InChI is InChI=1S/C19H20N4O/c1-14(24)20-15-6-4-7-16(12-15)22-10-5-11-23-18-9-3-2-8-17(18)21-19(23)13-22/h2-4,6-9,12H,5,10-11,13H2,1H3,(H,20,24). The van der Waals surface area contributed by atoms with Gasteiger partial charge in [-0.2, -0.15) is 0 Å². The number of fused-ring (bicyclic) bond motifs is 3. The molecule has 1 N–H and O–H groups in total. The van der Waals surface area contributed by atoms with Crippen molar-refractivity contribution in [1.82, 2.24) is 9.55 Å². The molecule has 2 aromatic carbocycles. The third-order valence-electron chi connectivity index (χ3n) is 4.41. The van der Waals surface area contributed by atoms with Crippen molar-refractivity contribution in [3.63, 3.8) is 0 Å². The number of aryl methyl sites for hydroxylation is 1. The lowest BCUT2D eigenvalue weighted by Crippen LogP contribution is -2.23. The SMILES string of the molecule is CC(=O)Nc1cccc(N2CCCn3c(nc4ccccc43)C2)c1. The number of benzene rings is 2. The van der Waals surface area contributed by atoms with Crippen LogP contribution in [0.25, 0.3) is 11.0 Å². The Balaban J connectivity index is 1.67. The first kappa shape index (κ1) is 14.8. The predicted molar refractivity (Wildman–Crippen MR) is 96.1 cm³/mol. The summed E-state index contributed by atoms with van der Waals surface area (Å²) in [6.45, 7) is 4.26. The van der Waals surface area contributed by atoms with E-state index in [1.807, 2.05) is 24.3 Å². The Kier molecular flexibility index (Phi) is 3.69. The van der Waals surface area contributed by atoms with Crippen LogP contribution in [0.2, 0.25) is 0 Å². The largest absolute Gasteiger partial charge is 0.364 e. The Bertz CT molecular complexity index is 899. The highest BCUT2D eigenvalue weighted by atomic mass is 16.1. The third kappa shape index (κ3) is 2.73. The first-order valence-corrected chi connectivity index (χ1v) is 8.27. The number of nitrogens with one attached hydrogen (secondary N) is 1. The molecule has 0 fully saturated rings. The molecule has 0 aliphatic carbocycles. The van der Waals surface area contributed by atoms with E-state index in [0.717, 1.165) is 48.8 Å². The van der Waals surface area contributed by atoms with Gasteiger partial charge in [-0.3, -0.25) is 4.79 Å². The molecule has 0 unspecified atom stereocenters. The minimum absolute atomic E-state index is 0.0511. The Morgan fingerprint density at radius 2 is 2.00 bits per heavy atom. The zero-order valence-corrected chi connectivity index (χ0v) is 13.7. The fourth-order valence-electron chi connectivity index (χ4n) is 3.37. The molecule has 1 aromatic heterocycles. The van der Waals surface area contributed by atoms with Crippen LogP contribution in [-0.2, 0) is 17.9 Å². The monoisotopic (exact) mass is 320 g/mol. The zero-order valence-electron chi connectivity index (χ0n) is 13.7. The van der Waals surface area contributed by atoms with Gasteiger partial charge in [0.05, 0.1) is 17.6 Å². The molecule has 1 amide bonds. The van der Waals surface area contributed by atoms with Gasteiger partial charge in [-0.05, 0) is 36.8 Å². The van der Waals surface area contributed by atoms with E-state index in [2.05, 4.69) is 39.0 Å². The fourth-order valence-corrected chi connectivity index (χ4v) is 3.37. The minimum atomic E-state index is -0.0511. The summed E-state index contributed by atoms with van der Waals surface area (Å²) in [5.74, 6) is 1.04. The molecule has 1 aliphatic rings. The third-order valence-corrected chi connectivity index (χ3v) is 4.41. The molecule has 4 rings (SSSR count). The smallest absolute Gasteiger partial charge is 0.221 e. The van der Waals surface area contributed by atoms with Crippen molar-refractivity contribution >= 4 is 28.3 Å². The van der Waals surface area contributed by atoms with Crippen LogP contribution in [-0.4, -0.2) is 22.0 Å². The van der Waals surface area contributed by atoms with Crippen LogP contribution in [0.3, 0.4) is 0 Å². The summed E-state index contributed by atoms with van der Waals surface area (Å²) in [5.41, 5.74) is 4.21. The Morgan fingerprint density at radius 1 is 1.12 bits per heavy atom. The van der Waals surface area contributed by atoms with Crippen LogP contribution < -0.4 is 10.2 Å². The molecule has 24 heavy (non-hydrogen) atoms. The molecule has 5 heteroatoms. The lowest BCUT2D eigenvalue weighted by molar-refractivity contribution is -0.114. The second-order valence-electron chi connectivity index (χ2n) is 6.18. The van der Waals surface area contributed by atoms with Gasteiger partial charge in [-0.15, -0.1) is 0 Å². The summed E-state index contributed by atoms with van der Waals surface area (Å²) in [4.78, 5) is 18.4. The second kappa shape index (κ2) is 6.00. The van der Waals surface area contributed by atoms with E-state index in [4.69, 9.17) is 4.98 Å². The number of imidazole rings is 1. The van der Waals surface area contributed by atoms with E-state index in [-0.39, 0.29) is 5.91 Å². The van der Waals surface area contributed by atoms with Crippen LogP contribution in [0.4, 0.5) is 11.4 Å². The summed E-state index contributed by atoms with van der Waals surface area (Å²) in [5, 5.41) is 2.85. The van der Waals surface area contributed by atoms with E-state index in [1.165, 1.54) is 12.4 Å². The van der Waals surface area contributed by atoms with Gasteiger partial charge in [-0.25, -0.2) is 4.98 Å². The molecule has 0 spiro atoms. The predicted octanol–water partition coefficient (Wildman–Crippen LogP) is 3.41. The first-order valence-electron chi connectivity index (χ1n) is 8.27. The number of carbonyl (C=O) groups is 1. The number of rotatable bonds is 2. The molecule has 0 saturated carbocycles. The molecule has 2 heterocycles. The van der Waals surface area contributed by atoms with Crippen molar-refractivity contribution in [2.45, 2.75) is 26.4 Å². The van der Waals surface area contributed by atoms with E-state index in [1.54, 1.807) is 0 Å². The van der Waals surface area contributed by atoms with Gasteiger partial charge < -0.3 is 14.8 Å². The van der Waals surface area contributed by atoms with E-state index in [9.17, 15) is 4.79 Å². The highest BCUT2D eigenvalue weighted by Crippen LogP contribution is 2.26. The maximum Gasteiger partial charge on any atom is 0.221 e. The lowest BCUT2D eigenvalue weighted by atomic mass is 10.2. The van der Waals surface area contributed by atoms with Gasteiger partial charge in [0, 0.05) is 31.4 Å². The molecular formula is C19H20N4O. The molecule has 0 bridgehead atoms. The number of hydrogen-bond donors (Lipinski definition) is 1. The first-order chi connectivity index (χ1) is 11.7. The van der Waals surface area contributed by atoms with E-state index < -0.39 is 0 Å². The van der Waals surface area contributed by atoms with Crippen molar-refractivity contribution < 1.29 is 4.79 Å². The molecule has 122 valence electrons. The highest BCUT2D eigenvalue weighted by molar-refractivity contribution is 5.89. The molecule has 1 aliphatic heterocycles. The highest BCUT2D eigenvalue weighted by Gasteiger charge is 2.18. The lowest BCUT2D eigenvalue weighted by Gasteiger charge is -2.22. The second-order valence-corrected chi connectivity index (χ2v) is 6.18. The maximum absolute atomic E-state index is 11.3. The number of aromatic nitrogens is 2. The van der Waals surface area contributed by atoms with Crippen molar-refractivity contribution in [3.8, 4) is 0 Å². The Hall–Kier alpha value is -2.82. The molecule has 5 nitrogen and oxygen atoms in total. The van der Waals surface area contributed by atoms with Crippen LogP contribution in [0.1, 0.15) is 19.2 Å². The summed E-state index contributed by atoms with van der Waals surface area (Å²) < 4.78 is 2.33. The summed E-state index contributed by atoms with van der Waals surface area (Å²) >= 11 is 0. The van der Waals surface area contributed by atoms with Crippen molar-refractivity contribution in [2.75, 3.05) is 16.8 Å². The van der Waals surface area contributed by atoms with Gasteiger partial charge in [-0.1, -0.05) is 18.2 Å². The van der Waals surface area contributed by atoms with Crippen LogP contribution >= 0.6 is 0 Å². The number of amides is 1.